The Hall–Kier alpha value is -2.80. The maximum atomic E-state index is 12.6. The zero-order valence-electron chi connectivity index (χ0n) is 12.7. The highest BCUT2D eigenvalue weighted by Crippen LogP contribution is 2.34. The van der Waals surface area contributed by atoms with Crippen LogP contribution in [0.25, 0.3) is 0 Å². The molecule has 0 atom stereocenters. The topological polar surface area (TPSA) is 84.5 Å². The lowest BCUT2D eigenvalue weighted by molar-refractivity contribution is -0.301. The van der Waals surface area contributed by atoms with Gasteiger partial charge in [-0.3, -0.25) is 14.5 Å². The molecule has 0 aliphatic carbocycles. The van der Waals surface area contributed by atoms with Crippen LogP contribution in [-0.4, -0.2) is 11.8 Å². The molecule has 122 valence electrons. The van der Waals surface area contributed by atoms with Crippen LogP contribution in [-0.2, 0) is 9.59 Å². The van der Waals surface area contributed by atoms with E-state index in [-0.39, 0.29) is 5.70 Å². The molecule has 6 nitrogen and oxygen atoms in total. The lowest BCUT2D eigenvalue weighted by atomic mass is 10.1. The fourth-order valence-corrected chi connectivity index (χ4v) is 2.70. The molecule has 1 aliphatic heterocycles. The molecule has 2 aromatic rings. The van der Waals surface area contributed by atoms with Gasteiger partial charge in [0.15, 0.2) is 0 Å². The van der Waals surface area contributed by atoms with E-state index in [9.17, 15) is 14.7 Å². The number of nitrogens with zero attached hydrogens (tertiary/aromatic N) is 1. The predicted molar refractivity (Wildman–Crippen MR) is 93.0 cm³/mol. The quantitative estimate of drug-likeness (QED) is 0.829. The molecular weight excluding hydrogens is 374 g/mol. The van der Waals surface area contributed by atoms with Gasteiger partial charge in [-0.1, -0.05) is 28.1 Å². The number of amides is 2. The molecule has 3 rings (SSSR count). The number of hydrogen-bond donors (Lipinski definition) is 2. The van der Waals surface area contributed by atoms with Crippen molar-refractivity contribution in [3.05, 3.63) is 64.6 Å². The number of anilines is 3. The highest BCUT2D eigenvalue weighted by atomic mass is 79.9. The first-order valence-electron chi connectivity index (χ1n) is 7.12. The van der Waals surface area contributed by atoms with E-state index in [4.69, 9.17) is 0 Å². The first-order chi connectivity index (χ1) is 11.5. The Kier molecular flexibility index (Phi) is 4.26. The third-order valence-electron chi connectivity index (χ3n) is 3.46. The Labute approximate surface area is 146 Å². The van der Waals surface area contributed by atoms with Crippen LogP contribution in [0.15, 0.2) is 64.6 Å². The molecule has 0 saturated heterocycles. The number of carbonyl (C=O) groups excluding carboxylic acids is 2. The molecule has 2 aromatic carbocycles. The van der Waals surface area contributed by atoms with Gasteiger partial charge in [0.1, 0.15) is 5.70 Å². The standard InChI is InChI=1S/C17H14BrN3O3/c1-10(22)21-14-5-3-2-4-13(14)20-17(24)15(21)16(23)19-12-8-6-11(18)7-9-12/h2-9,20,24H,1H3,(H,19,23)/p-1. The summed E-state index contributed by atoms with van der Waals surface area (Å²) in [7, 11) is 0. The number of hydrogen-bond acceptors (Lipinski definition) is 4. The van der Waals surface area contributed by atoms with Crippen LogP contribution in [0.3, 0.4) is 0 Å². The zero-order valence-corrected chi connectivity index (χ0v) is 14.3. The second-order valence-electron chi connectivity index (χ2n) is 5.14. The number of carbonyl (C=O) groups is 2. The van der Waals surface area contributed by atoms with E-state index in [1.54, 1.807) is 48.5 Å². The van der Waals surface area contributed by atoms with Crippen molar-refractivity contribution in [1.82, 2.24) is 0 Å². The second-order valence-corrected chi connectivity index (χ2v) is 6.05. The van der Waals surface area contributed by atoms with Crippen LogP contribution >= 0.6 is 15.9 Å². The summed E-state index contributed by atoms with van der Waals surface area (Å²) in [4.78, 5) is 25.8. The lowest BCUT2D eigenvalue weighted by Crippen LogP contribution is -2.42. The van der Waals surface area contributed by atoms with Gasteiger partial charge < -0.3 is 15.7 Å². The van der Waals surface area contributed by atoms with E-state index < -0.39 is 17.7 Å². The summed E-state index contributed by atoms with van der Waals surface area (Å²) in [6, 6.07) is 13.7. The Morgan fingerprint density at radius 2 is 1.79 bits per heavy atom. The smallest absolute Gasteiger partial charge is 0.273 e. The van der Waals surface area contributed by atoms with Gasteiger partial charge in [0.2, 0.25) is 5.91 Å². The molecular formula is C17H13BrN3O3-. The molecule has 1 aliphatic rings. The van der Waals surface area contributed by atoms with Crippen LogP contribution in [0.4, 0.5) is 17.1 Å². The molecule has 2 amide bonds. The molecule has 1 heterocycles. The molecule has 0 fully saturated rings. The minimum absolute atomic E-state index is 0.260. The average molecular weight is 387 g/mol. The fraction of sp³-hybridized carbons (Fsp3) is 0.0588. The number of para-hydroxylation sites is 2. The third-order valence-corrected chi connectivity index (χ3v) is 3.99. The molecule has 0 aromatic heterocycles. The van der Waals surface area contributed by atoms with Crippen molar-refractivity contribution >= 4 is 44.8 Å². The van der Waals surface area contributed by atoms with Crippen molar-refractivity contribution in [3.8, 4) is 0 Å². The van der Waals surface area contributed by atoms with Crippen LogP contribution in [0.5, 0.6) is 0 Å². The summed E-state index contributed by atoms with van der Waals surface area (Å²) < 4.78 is 0.864. The zero-order chi connectivity index (χ0) is 17.3. The predicted octanol–water partition coefficient (Wildman–Crippen LogP) is 2.40. The Morgan fingerprint density at radius 3 is 2.46 bits per heavy atom. The number of halogens is 1. The van der Waals surface area contributed by atoms with E-state index >= 15 is 0 Å². The minimum atomic E-state index is -0.653. The maximum absolute atomic E-state index is 12.6. The van der Waals surface area contributed by atoms with Gasteiger partial charge in [-0.15, -0.1) is 0 Å². The number of nitrogens with one attached hydrogen (secondary N) is 2. The first kappa shape index (κ1) is 16.1. The van der Waals surface area contributed by atoms with Crippen LogP contribution in [0.1, 0.15) is 6.92 Å². The van der Waals surface area contributed by atoms with Crippen molar-refractivity contribution in [2.24, 2.45) is 0 Å². The van der Waals surface area contributed by atoms with Gasteiger partial charge in [0, 0.05) is 17.1 Å². The molecule has 0 spiro atoms. The number of rotatable bonds is 2. The average Bonchev–Trinajstić information content (AvgIpc) is 2.55. The van der Waals surface area contributed by atoms with E-state index in [2.05, 4.69) is 26.6 Å². The highest BCUT2D eigenvalue weighted by Gasteiger charge is 2.29. The summed E-state index contributed by atoms with van der Waals surface area (Å²) in [6.45, 7) is 1.31. The van der Waals surface area contributed by atoms with Crippen LogP contribution in [0, 0.1) is 0 Å². The van der Waals surface area contributed by atoms with Gasteiger partial charge in [-0.2, -0.15) is 0 Å². The van der Waals surface area contributed by atoms with E-state index in [0.717, 1.165) is 9.37 Å². The van der Waals surface area contributed by atoms with Crippen molar-refractivity contribution in [3.63, 3.8) is 0 Å². The molecule has 0 radical (unpaired) electrons. The number of fused-ring (bicyclic) bond motifs is 1. The maximum Gasteiger partial charge on any atom is 0.273 e. The highest BCUT2D eigenvalue weighted by molar-refractivity contribution is 9.10. The minimum Gasteiger partial charge on any atom is -0.859 e. The SMILES string of the molecule is CC(=O)N1C(C(=O)Nc2ccc(Br)cc2)=C([O-])Nc2ccccc21. The van der Waals surface area contributed by atoms with Crippen LogP contribution < -0.4 is 20.6 Å². The van der Waals surface area contributed by atoms with Crippen molar-refractivity contribution < 1.29 is 14.7 Å². The van der Waals surface area contributed by atoms with Crippen molar-refractivity contribution in [2.45, 2.75) is 6.92 Å². The van der Waals surface area contributed by atoms with Gasteiger partial charge in [-0.25, -0.2) is 0 Å². The second kappa shape index (κ2) is 6.37. The molecule has 0 unspecified atom stereocenters. The lowest BCUT2D eigenvalue weighted by Gasteiger charge is -2.35. The van der Waals surface area contributed by atoms with E-state index in [0.29, 0.717) is 17.1 Å². The van der Waals surface area contributed by atoms with E-state index in [1.165, 1.54) is 6.92 Å². The normalized spacial score (nSPS) is 13.2. The summed E-state index contributed by atoms with van der Waals surface area (Å²) in [5.74, 6) is -1.70. The van der Waals surface area contributed by atoms with Gasteiger partial charge in [0.25, 0.3) is 5.91 Å². The first-order valence-corrected chi connectivity index (χ1v) is 7.91. The summed E-state index contributed by atoms with van der Waals surface area (Å²) >= 11 is 3.31. The Balaban J connectivity index is 1.97. The molecule has 24 heavy (non-hydrogen) atoms. The molecule has 2 N–H and O–H groups in total. The van der Waals surface area contributed by atoms with Gasteiger partial charge >= 0.3 is 0 Å². The molecule has 0 bridgehead atoms. The van der Waals surface area contributed by atoms with E-state index in [1.807, 2.05) is 0 Å². The number of benzene rings is 2. The largest absolute Gasteiger partial charge is 0.859 e. The third kappa shape index (κ3) is 2.98. The Morgan fingerprint density at radius 1 is 1.12 bits per heavy atom. The monoisotopic (exact) mass is 386 g/mol. The van der Waals surface area contributed by atoms with Gasteiger partial charge in [-0.05, 0) is 42.3 Å². The Bertz CT molecular complexity index is 846. The summed E-state index contributed by atoms with van der Waals surface area (Å²) in [5.41, 5.74) is 1.21. The summed E-state index contributed by atoms with van der Waals surface area (Å²) in [6.07, 6.45) is 0. The molecule has 0 saturated carbocycles. The fourth-order valence-electron chi connectivity index (χ4n) is 2.43. The van der Waals surface area contributed by atoms with Gasteiger partial charge in [0.05, 0.1) is 11.4 Å². The van der Waals surface area contributed by atoms with Crippen molar-refractivity contribution in [2.75, 3.05) is 15.5 Å². The molecule has 7 heteroatoms. The van der Waals surface area contributed by atoms with Crippen LogP contribution in [0.2, 0.25) is 0 Å². The summed E-state index contributed by atoms with van der Waals surface area (Å²) in [5, 5.41) is 17.6. The van der Waals surface area contributed by atoms with Crippen molar-refractivity contribution in [1.29, 1.82) is 0 Å².